The molecule has 0 unspecified atom stereocenters. The fraction of sp³-hybridized carbons (Fsp3) is 0.412. The van der Waals surface area contributed by atoms with Crippen molar-refractivity contribution in [3.63, 3.8) is 0 Å². The summed E-state index contributed by atoms with van der Waals surface area (Å²) >= 11 is 7.45. The van der Waals surface area contributed by atoms with Gasteiger partial charge in [-0.05, 0) is 31.2 Å². The van der Waals surface area contributed by atoms with Crippen molar-refractivity contribution >= 4 is 29.3 Å². The Hall–Kier alpha value is -2.10. The van der Waals surface area contributed by atoms with Gasteiger partial charge in [-0.25, -0.2) is 0 Å². The summed E-state index contributed by atoms with van der Waals surface area (Å²) in [6, 6.07) is 7.34. The Morgan fingerprint density at radius 3 is 2.67 bits per heavy atom. The van der Waals surface area contributed by atoms with Gasteiger partial charge in [0.1, 0.15) is 0 Å². The first-order valence-electron chi connectivity index (χ1n) is 8.72. The van der Waals surface area contributed by atoms with Crippen LogP contribution in [0.3, 0.4) is 0 Å². The van der Waals surface area contributed by atoms with Crippen LogP contribution >= 0.6 is 23.4 Å². The van der Waals surface area contributed by atoms with Crippen LogP contribution in [0.4, 0.5) is 5.95 Å². The minimum Gasteiger partial charge on any atom is -0.378 e. The van der Waals surface area contributed by atoms with Crippen molar-refractivity contribution in [3.05, 3.63) is 35.2 Å². The average molecular weight is 407 g/mol. The topological polar surface area (TPSA) is 82.1 Å². The zero-order chi connectivity index (χ0) is 18.6. The molecule has 10 heteroatoms. The Kier molecular flexibility index (Phi) is 5.61. The molecule has 142 valence electrons. The summed E-state index contributed by atoms with van der Waals surface area (Å²) in [5, 5.41) is 14.3. The first kappa shape index (κ1) is 18.3. The van der Waals surface area contributed by atoms with E-state index >= 15 is 0 Å². The van der Waals surface area contributed by atoms with E-state index in [1.807, 2.05) is 12.1 Å². The highest BCUT2D eigenvalue weighted by molar-refractivity contribution is 7.98. The van der Waals surface area contributed by atoms with Crippen LogP contribution < -0.4 is 4.90 Å². The number of anilines is 1. The normalized spacial score (nSPS) is 14.7. The Balaban J connectivity index is 1.44. The molecule has 0 spiro atoms. The molecule has 0 atom stereocenters. The predicted molar refractivity (Wildman–Crippen MR) is 103 cm³/mol. The third kappa shape index (κ3) is 4.10. The van der Waals surface area contributed by atoms with Gasteiger partial charge in [-0.3, -0.25) is 4.57 Å². The Labute approximate surface area is 165 Å². The summed E-state index contributed by atoms with van der Waals surface area (Å²) in [5.41, 5.74) is 0.866. The van der Waals surface area contributed by atoms with Gasteiger partial charge in [0, 0.05) is 30.2 Å². The molecule has 0 bridgehead atoms. The highest BCUT2D eigenvalue weighted by Gasteiger charge is 2.20. The number of hydrogen-bond donors (Lipinski definition) is 0. The summed E-state index contributed by atoms with van der Waals surface area (Å²) in [4.78, 5) is 6.66. The molecule has 1 aliphatic rings. The lowest BCUT2D eigenvalue weighted by Crippen LogP contribution is -2.38. The SMILES string of the molecule is CCn1c(SCc2nc(-c3ccc(Cl)cc3)no2)nnc1N1CCOCC1. The van der Waals surface area contributed by atoms with Gasteiger partial charge >= 0.3 is 0 Å². The third-order valence-corrected chi connectivity index (χ3v) is 5.41. The molecule has 3 aromatic rings. The molecule has 1 aliphatic heterocycles. The van der Waals surface area contributed by atoms with Crippen molar-refractivity contribution in [2.75, 3.05) is 31.2 Å². The maximum absolute atomic E-state index is 5.92. The van der Waals surface area contributed by atoms with Crippen LogP contribution in [0.25, 0.3) is 11.4 Å². The van der Waals surface area contributed by atoms with Crippen LogP contribution in [-0.4, -0.2) is 51.2 Å². The molecule has 0 aliphatic carbocycles. The molecule has 8 nitrogen and oxygen atoms in total. The molecular formula is C17H19ClN6O2S. The number of halogens is 1. The van der Waals surface area contributed by atoms with Crippen molar-refractivity contribution < 1.29 is 9.26 Å². The maximum atomic E-state index is 5.92. The molecule has 0 radical (unpaired) electrons. The second-order valence-electron chi connectivity index (χ2n) is 5.93. The fourth-order valence-electron chi connectivity index (χ4n) is 2.82. The number of rotatable bonds is 6. The summed E-state index contributed by atoms with van der Waals surface area (Å²) in [7, 11) is 0. The van der Waals surface area contributed by atoms with E-state index in [1.165, 1.54) is 11.8 Å². The van der Waals surface area contributed by atoms with E-state index in [2.05, 4.69) is 36.7 Å². The lowest BCUT2D eigenvalue weighted by molar-refractivity contribution is 0.121. The molecule has 1 aromatic carbocycles. The monoisotopic (exact) mass is 406 g/mol. The van der Waals surface area contributed by atoms with Gasteiger partial charge in [-0.15, -0.1) is 10.2 Å². The molecule has 1 fully saturated rings. The Bertz CT molecular complexity index is 891. The summed E-state index contributed by atoms with van der Waals surface area (Å²) in [5.74, 6) is 2.51. The van der Waals surface area contributed by atoms with Crippen molar-refractivity contribution in [2.45, 2.75) is 24.4 Å². The number of ether oxygens (including phenoxy) is 1. The zero-order valence-corrected chi connectivity index (χ0v) is 16.4. The van der Waals surface area contributed by atoms with Crippen LogP contribution in [0.1, 0.15) is 12.8 Å². The largest absolute Gasteiger partial charge is 0.378 e. The smallest absolute Gasteiger partial charge is 0.237 e. The van der Waals surface area contributed by atoms with Crippen LogP contribution in [0.5, 0.6) is 0 Å². The minimum absolute atomic E-state index is 0.530. The zero-order valence-electron chi connectivity index (χ0n) is 14.8. The van der Waals surface area contributed by atoms with E-state index < -0.39 is 0 Å². The van der Waals surface area contributed by atoms with E-state index in [9.17, 15) is 0 Å². The second-order valence-corrected chi connectivity index (χ2v) is 7.31. The molecule has 1 saturated heterocycles. The van der Waals surface area contributed by atoms with Gasteiger partial charge in [0.25, 0.3) is 0 Å². The van der Waals surface area contributed by atoms with Crippen molar-refractivity contribution in [3.8, 4) is 11.4 Å². The van der Waals surface area contributed by atoms with Crippen LogP contribution in [0.2, 0.25) is 5.02 Å². The lowest BCUT2D eigenvalue weighted by Gasteiger charge is -2.27. The molecule has 0 N–H and O–H groups in total. The van der Waals surface area contributed by atoms with E-state index in [1.54, 1.807) is 12.1 Å². The van der Waals surface area contributed by atoms with E-state index in [0.717, 1.165) is 36.3 Å². The molecule has 2 aromatic heterocycles. The Morgan fingerprint density at radius 1 is 1.15 bits per heavy atom. The number of morpholine rings is 1. The first-order chi connectivity index (χ1) is 13.2. The number of nitrogens with zero attached hydrogens (tertiary/aromatic N) is 6. The summed E-state index contributed by atoms with van der Waals surface area (Å²) < 4.78 is 12.9. The molecular weight excluding hydrogens is 388 g/mol. The minimum atomic E-state index is 0.530. The van der Waals surface area contributed by atoms with Gasteiger partial charge in [0.05, 0.1) is 19.0 Å². The second kappa shape index (κ2) is 8.28. The standard InChI is InChI=1S/C17H19ClN6O2S/c1-2-24-16(23-7-9-25-10-8-23)20-21-17(24)27-11-14-19-15(22-26-14)12-3-5-13(18)6-4-12/h3-6H,2,7-11H2,1H3. The van der Waals surface area contributed by atoms with Gasteiger partial charge in [0.2, 0.25) is 17.7 Å². The fourth-order valence-corrected chi connectivity index (χ4v) is 3.78. The molecule has 0 saturated carbocycles. The highest BCUT2D eigenvalue weighted by atomic mass is 35.5. The lowest BCUT2D eigenvalue weighted by atomic mass is 10.2. The summed E-state index contributed by atoms with van der Waals surface area (Å²) in [6.45, 7) is 5.97. The van der Waals surface area contributed by atoms with Crippen LogP contribution in [0, 0.1) is 0 Å². The number of hydrogen-bond acceptors (Lipinski definition) is 8. The predicted octanol–water partition coefficient (Wildman–Crippen LogP) is 3.13. The van der Waals surface area contributed by atoms with Crippen molar-refractivity contribution in [2.24, 2.45) is 0 Å². The Morgan fingerprint density at radius 2 is 1.93 bits per heavy atom. The summed E-state index contributed by atoms with van der Waals surface area (Å²) in [6.07, 6.45) is 0. The van der Waals surface area contributed by atoms with Gasteiger partial charge in [0.15, 0.2) is 5.16 Å². The van der Waals surface area contributed by atoms with Crippen molar-refractivity contribution in [1.29, 1.82) is 0 Å². The van der Waals surface area contributed by atoms with Crippen molar-refractivity contribution in [1.82, 2.24) is 24.9 Å². The van der Waals surface area contributed by atoms with Crippen LogP contribution in [-0.2, 0) is 17.0 Å². The van der Waals surface area contributed by atoms with E-state index in [-0.39, 0.29) is 0 Å². The van der Waals surface area contributed by atoms with Gasteiger partial charge in [-0.1, -0.05) is 28.5 Å². The van der Waals surface area contributed by atoms with E-state index in [4.69, 9.17) is 20.9 Å². The van der Waals surface area contributed by atoms with Gasteiger partial charge < -0.3 is 14.2 Å². The average Bonchev–Trinajstić information content (AvgIpc) is 3.34. The molecule has 0 amide bonds. The number of aromatic nitrogens is 5. The maximum Gasteiger partial charge on any atom is 0.237 e. The number of thioether (sulfide) groups is 1. The quantitative estimate of drug-likeness (QED) is 0.577. The first-order valence-corrected chi connectivity index (χ1v) is 10.1. The third-order valence-electron chi connectivity index (χ3n) is 4.20. The highest BCUT2D eigenvalue weighted by Crippen LogP contribution is 2.26. The van der Waals surface area contributed by atoms with Gasteiger partial charge in [-0.2, -0.15) is 4.98 Å². The molecule has 27 heavy (non-hydrogen) atoms. The van der Waals surface area contributed by atoms with E-state index in [0.29, 0.717) is 35.7 Å². The molecule has 3 heterocycles. The van der Waals surface area contributed by atoms with Crippen LogP contribution in [0.15, 0.2) is 33.9 Å². The number of benzene rings is 1. The molecule has 4 rings (SSSR count).